The molecule has 0 aromatic heterocycles. The number of carbonyl (C=O) groups excluding carboxylic acids is 3. The van der Waals surface area contributed by atoms with E-state index in [1.807, 2.05) is 13.8 Å². The minimum absolute atomic E-state index is 0.0465. The Morgan fingerprint density at radius 2 is 1.91 bits per heavy atom. The van der Waals surface area contributed by atoms with Crippen LogP contribution < -0.4 is 5.32 Å². The first-order chi connectivity index (χ1) is 10.9. The predicted octanol–water partition coefficient (Wildman–Crippen LogP) is 2.23. The van der Waals surface area contributed by atoms with E-state index in [1.54, 1.807) is 36.4 Å². The number of carbonyl (C=O) groups is 3. The first-order valence-electron chi connectivity index (χ1n) is 7.68. The van der Waals surface area contributed by atoms with Gasteiger partial charge in [-0.25, -0.2) is 4.79 Å². The second-order valence-corrected chi connectivity index (χ2v) is 6.88. The maximum absolute atomic E-state index is 12.3. The van der Waals surface area contributed by atoms with Crippen LogP contribution in [0.3, 0.4) is 0 Å². The molecule has 1 fully saturated rings. The van der Waals surface area contributed by atoms with E-state index in [0.717, 1.165) is 0 Å². The van der Waals surface area contributed by atoms with Crippen molar-refractivity contribution in [3.05, 3.63) is 47.7 Å². The Morgan fingerprint density at radius 3 is 2.61 bits per heavy atom. The summed E-state index contributed by atoms with van der Waals surface area (Å²) in [6, 6.07) is 8.59. The number of hydrogen-bond donors (Lipinski definition) is 1. The van der Waals surface area contributed by atoms with Gasteiger partial charge in [0, 0.05) is 12.0 Å². The van der Waals surface area contributed by atoms with Crippen molar-refractivity contribution < 1.29 is 19.1 Å². The highest BCUT2D eigenvalue weighted by Crippen LogP contribution is 2.40. The molecule has 0 bridgehead atoms. The third-order valence-corrected chi connectivity index (χ3v) is 4.29. The Kier molecular flexibility index (Phi) is 3.80. The van der Waals surface area contributed by atoms with Crippen molar-refractivity contribution in [1.82, 2.24) is 5.32 Å². The molecule has 120 valence electrons. The summed E-state index contributed by atoms with van der Waals surface area (Å²) in [4.78, 5) is 36.6. The Labute approximate surface area is 134 Å². The fraction of sp³-hybridized carbons (Fsp3) is 0.389. The number of ketones is 1. The zero-order chi connectivity index (χ0) is 16.6. The summed E-state index contributed by atoms with van der Waals surface area (Å²) in [5.41, 5.74) is 0.324. The molecule has 1 aromatic rings. The average molecular weight is 313 g/mol. The van der Waals surface area contributed by atoms with Crippen LogP contribution in [0.2, 0.25) is 0 Å². The van der Waals surface area contributed by atoms with E-state index in [9.17, 15) is 14.4 Å². The molecule has 3 rings (SSSR count). The van der Waals surface area contributed by atoms with Crippen LogP contribution in [0.15, 0.2) is 42.1 Å². The second-order valence-electron chi connectivity index (χ2n) is 6.88. The first kappa shape index (κ1) is 15.5. The van der Waals surface area contributed by atoms with E-state index in [0.29, 0.717) is 18.4 Å². The van der Waals surface area contributed by atoms with Gasteiger partial charge < -0.3 is 10.1 Å². The van der Waals surface area contributed by atoms with Gasteiger partial charge in [0.05, 0.1) is 5.92 Å². The summed E-state index contributed by atoms with van der Waals surface area (Å²) in [6.45, 7) is 3.98. The third-order valence-electron chi connectivity index (χ3n) is 4.29. The number of hydrogen-bond acceptors (Lipinski definition) is 4. The van der Waals surface area contributed by atoms with Crippen LogP contribution in [0.4, 0.5) is 0 Å². The first-order valence-corrected chi connectivity index (χ1v) is 7.68. The summed E-state index contributed by atoms with van der Waals surface area (Å²) in [5, 5.41) is 2.55. The van der Waals surface area contributed by atoms with Gasteiger partial charge in [-0.3, -0.25) is 9.59 Å². The zero-order valence-electron chi connectivity index (χ0n) is 13.2. The summed E-state index contributed by atoms with van der Waals surface area (Å²) in [7, 11) is 0. The average Bonchev–Trinajstić information content (AvgIpc) is 2.48. The smallest absolute Gasteiger partial charge is 0.354 e. The molecule has 1 aliphatic carbocycles. The van der Waals surface area contributed by atoms with Gasteiger partial charge in [-0.05, 0) is 30.0 Å². The lowest BCUT2D eigenvalue weighted by Gasteiger charge is -2.40. The van der Waals surface area contributed by atoms with E-state index in [2.05, 4.69) is 5.32 Å². The molecular formula is C18H19NO4. The molecule has 0 spiro atoms. The van der Waals surface area contributed by atoms with Crippen molar-refractivity contribution in [1.29, 1.82) is 0 Å². The summed E-state index contributed by atoms with van der Waals surface area (Å²) in [5.74, 6) is -1.39. The fourth-order valence-electron chi connectivity index (χ4n) is 3.18. The van der Waals surface area contributed by atoms with Crippen LogP contribution in [0.1, 0.15) is 37.0 Å². The second kappa shape index (κ2) is 5.65. The van der Waals surface area contributed by atoms with E-state index >= 15 is 0 Å². The van der Waals surface area contributed by atoms with Gasteiger partial charge in [0.2, 0.25) is 0 Å². The minimum atomic E-state index is -0.582. The molecular weight excluding hydrogens is 294 g/mol. The minimum Gasteiger partial charge on any atom is -0.457 e. The normalized spacial score (nSPS) is 25.9. The molecule has 5 nitrogen and oxygen atoms in total. The van der Waals surface area contributed by atoms with E-state index in [-0.39, 0.29) is 16.9 Å². The summed E-state index contributed by atoms with van der Waals surface area (Å²) in [6.07, 6.45) is 2.21. The molecule has 0 saturated heterocycles. The van der Waals surface area contributed by atoms with Gasteiger partial charge in [0.1, 0.15) is 17.6 Å². The topological polar surface area (TPSA) is 72.5 Å². The van der Waals surface area contributed by atoms with Crippen LogP contribution in [-0.4, -0.2) is 23.8 Å². The molecule has 1 amide bonds. The van der Waals surface area contributed by atoms with Gasteiger partial charge in [-0.1, -0.05) is 32.0 Å². The monoisotopic (exact) mass is 313 g/mol. The number of benzene rings is 1. The molecule has 2 atom stereocenters. The van der Waals surface area contributed by atoms with Crippen molar-refractivity contribution >= 4 is 17.7 Å². The van der Waals surface area contributed by atoms with Crippen LogP contribution in [0.25, 0.3) is 0 Å². The quantitative estimate of drug-likeness (QED) is 0.850. The molecule has 2 unspecified atom stereocenters. The molecule has 0 radical (unpaired) electrons. The number of fused-ring (bicyclic) bond motifs is 1. The zero-order valence-corrected chi connectivity index (χ0v) is 13.2. The maximum atomic E-state index is 12.3. The number of amides is 1. The van der Waals surface area contributed by atoms with E-state index in [1.165, 1.54) is 0 Å². The van der Waals surface area contributed by atoms with Crippen molar-refractivity contribution in [3.8, 4) is 0 Å². The highest BCUT2D eigenvalue weighted by atomic mass is 16.5. The third kappa shape index (κ3) is 3.18. The van der Waals surface area contributed by atoms with Crippen molar-refractivity contribution in [2.75, 3.05) is 0 Å². The number of ether oxygens (including phenoxy) is 1. The lowest BCUT2D eigenvalue weighted by Crippen LogP contribution is -2.46. The van der Waals surface area contributed by atoms with Crippen LogP contribution in [0.5, 0.6) is 0 Å². The fourth-order valence-corrected chi connectivity index (χ4v) is 3.18. The molecule has 1 aliphatic heterocycles. The van der Waals surface area contributed by atoms with Gasteiger partial charge in [0.15, 0.2) is 0 Å². The van der Waals surface area contributed by atoms with E-state index in [4.69, 9.17) is 4.74 Å². The Hall–Kier alpha value is -2.43. The molecule has 5 heteroatoms. The predicted molar refractivity (Wildman–Crippen MR) is 83.4 cm³/mol. The van der Waals surface area contributed by atoms with Gasteiger partial charge in [-0.15, -0.1) is 0 Å². The van der Waals surface area contributed by atoms with Gasteiger partial charge in [-0.2, -0.15) is 0 Å². The van der Waals surface area contributed by atoms with Crippen molar-refractivity contribution in [2.24, 2.45) is 11.3 Å². The molecule has 23 heavy (non-hydrogen) atoms. The Balaban J connectivity index is 1.80. The standard InChI is InChI=1S/C18H19NO4/c1-18(2)9-14(20)12-8-13(17(22)23-15(12)10-18)19-16(21)11-6-4-3-5-7-11/h3-8,12,15H,9-10H2,1-2H3,(H,19,21). The number of rotatable bonds is 2. The van der Waals surface area contributed by atoms with Crippen LogP contribution >= 0.6 is 0 Å². The lowest BCUT2D eigenvalue weighted by atomic mass is 9.70. The number of nitrogens with one attached hydrogen (secondary N) is 1. The maximum Gasteiger partial charge on any atom is 0.354 e. The highest BCUT2D eigenvalue weighted by Gasteiger charge is 2.44. The largest absolute Gasteiger partial charge is 0.457 e. The van der Waals surface area contributed by atoms with Crippen LogP contribution in [-0.2, 0) is 14.3 Å². The Morgan fingerprint density at radius 1 is 1.22 bits per heavy atom. The van der Waals surface area contributed by atoms with Crippen LogP contribution in [0, 0.1) is 11.3 Å². The number of Topliss-reactive ketones (excluding diaryl/α,β-unsaturated/α-hetero) is 1. The van der Waals surface area contributed by atoms with Crippen molar-refractivity contribution in [3.63, 3.8) is 0 Å². The summed E-state index contributed by atoms with van der Waals surface area (Å²) >= 11 is 0. The molecule has 1 saturated carbocycles. The molecule has 1 N–H and O–H groups in total. The lowest BCUT2D eigenvalue weighted by molar-refractivity contribution is -0.156. The Bertz CT molecular complexity index is 690. The SMILES string of the molecule is CC1(C)CC(=O)C2C=C(NC(=O)c3ccccc3)C(=O)OC2C1. The summed E-state index contributed by atoms with van der Waals surface area (Å²) < 4.78 is 5.40. The highest BCUT2D eigenvalue weighted by molar-refractivity contribution is 6.02. The van der Waals surface area contributed by atoms with E-state index < -0.39 is 23.9 Å². The molecule has 2 aliphatic rings. The number of esters is 1. The molecule has 1 heterocycles. The van der Waals surface area contributed by atoms with Gasteiger partial charge in [0.25, 0.3) is 5.91 Å². The van der Waals surface area contributed by atoms with Crippen molar-refractivity contribution in [2.45, 2.75) is 32.8 Å². The molecule has 1 aromatic carbocycles. The van der Waals surface area contributed by atoms with Gasteiger partial charge >= 0.3 is 5.97 Å².